The predicted octanol–water partition coefficient (Wildman–Crippen LogP) is 0.586. The van der Waals surface area contributed by atoms with Gasteiger partial charge in [0.05, 0.1) is 0 Å². The number of aromatic nitrogens is 5. The average Bonchev–Trinajstić information content (AvgIpc) is 2.92. The van der Waals surface area contributed by atoms with E-state index < -0.39 is 0 Å². The highest BCUT2D eigenvalue weighted by Gasteiger charge is 2.10. The van der Waals surface area contributed by atoms with Crippen LogP contribution < -0.4 is 5.32 Å². The van der Waals surface area contributed by atoms with Gasteiger partial charge in [-0.25, -0.2) is 9.67 Å². The highest BCUT2D eigenvalue weighted by molar-refractivity contribution is 5.92. The Morgan fingerprint density at radius 2 is 2.28 bits per heavy atom. The first-order valence-electron chi connectivity index (χ1n) is 5.70. The zero-order chi connectivity index (χ0) is 13.0. The van der Waals surface area contributed by atoms with Gasteiger partial charge < -0.3 is 5.32 Å². The van der Waals surface area contributed by atoms with E-state index in [-0.39, 0.29) is 11.9 Å². The summed E-state index contributed by atoms with van der Waals surface area (Å²) in [6.45, 7) is 3.94. The molecule has 0 fully saturated rings. The Morgan fingerprint density at radius 3 is 2.83 bits per heavy atom. The highest BCUT2D eigenvalue weighted by Crippen LogP contribution is 2.01. The zero-order valence-corrected chi connectivity index (χ0v) is 10.2. The smallest absolute Gasteiger partial charge is 0.272 e. The van der Waals surface area contributed by atoms with E-state index in [4.69, 9.17) is 0 Å². The van der Waals surface area contributed by atoms with E-state index in [0.717, 1.165) is 6.42 Å². The van der Waals surface area contributed by atoms with Crippen molar-refractivity contribution in [2.24, 2.45) is 0 Å². The summed E-state index contributed by atoms with van der Waals surface area (Å²) in [4.78, 5) is 15.6. The van der Waals surface area contributed by atoms with Gasteiger partial charge in [0.25, 0.3) is 5.91 Å². The van der Waals surface area contributed by atoms with Crippen LogP contribution in [0.4, 0.5) is 0 Å². The minimum absolute atomic E-state index is 0.120. The SMILES string of the molecule is CCC(C)NC(=O)c1ccc(-n2cncn2)nn1. The Bertz CT molecular complexity index is 507. The van der Waals surface area contributed by atoms with Crippen molar-refractivity contribution >= 4 is 5.91 Å². The van der Waals surface area contributed by atoms with Crippen molar-refractivity contribution in [3.05, 3.63) is 30.5 Å². The van der Waals surface area contributed by atoms with Gasteiger partial charge in [0, 0.05) is 6.04 Å². The Kier molecular flexibility index (Phi) is 3.61. The Hall–Kier alpha value is -2.31. The van der Waals surface area contributed by atoms with Crippen molar-refractivity contribution in [3.8, 4) is 5.82 Å². The lowest BCUT2D eigenvalue weighted by molar-refractivity contribution is 0.0933. The molecular weight excluding hydrogens is 232 g/mol. The van der Waals surface area contributed by atoms with Crippen LogP contribution in [0.5, 0.6) is 0 Å². The summed E-state index contributed by atoms with van der Waals surface area (Å²) < 4.78 is 1.48. The number of amides is 1. The summed E-state index contributed by atoms with van der Waals surface area (Å²) in [5.74, 6) is 0.301. The van der Waals surface area contributed by atoms with Gasteiger partial charge in [0.1, 0.15) is 12.7 Å². The lowest BCUT2D eigenvalue weighted by Crippen LogP contribution is -2.32. The molecule has 18 heavy (non-hydrogen) atoms. The van der Waals surface area contributed by atoms with Gasteiger partial charge >= 0.3 is 0 Å². The molecule has 94 valence electrons. The lowest BCUT2D eigenvalue weighted by atomic mass is 10.2. The van der Waals surface area contributed by atoms with Crippen LogP contribution in [0.15, 0.2) is 24.8 Å². The van der Waals surface area contributed by atoms with Crippen LogP contribution >= 0.6 is 0 Å². The fourth-order valence-electron chi connectivity index (χ4n) is 1.29. The van der Waals surface area contributed by atoms with E-state index in [1.165, 1.54) is 17.3 Å². The number of rotatable bonds is 4. The largest absolute Gasteiger partial charge is 0.348 e. The number of carbonyl (C=O) groups excluding carboxylic acids is 1. The van der Waals surface area contributed by atoms with E-state index >= 15 is 0 Å². The molecule has 0 radical (unpaired) electrons. The van der Waals surface area contributed by atoms with E-state index in [0.29, 0.717) is 11.5 Å². The van der Waals surface area contributed by atoms with Gasteiger partial charge in [-0.3, -0.25) is 4.79 Å². The molecule has 0 aliphatic heterocycles. The molecule has 0 saturated heterocycles. The molecule has 1 atom stereocenters. The van der Waals surface area contributed by atoms with Crippen molar-refractivity contribution in [2.45, 2.75) is 26.3 Å². The van der Waals surface area contributed by atoms with Crippen molar-refractivity contribution in [1.82, 2.24) is 30.3 Å². The van der Waals surface area contributed by atoms with Crippen LogP contribution in [0.1, 0.15) is 30.8 Å². The number of nitrogens with zero attached hydrogens (tertiary/aromatic N) is 5. The second kappa shape index (κ2) is 5.35. The molecule has 1 unspecified atom stereocenters. The summed E-state index contributed by atoms with van der Waals surface area (Å²) in [5.41, 5.74) is 0.291. The molecule has 1 amide bonds. The van der Waals surface area contributed by atoms with Gasteiger partial charge in [-0.05, 0) is 25.5 Å². The Balaban J connectivity index is 2.10. The molecule has 0 spiro atoms. The first-order chi connectivity index (χ1) is 8.70. The van der Waals surface area contributed by atoms with Crippen LogP contribution in [0.2, 0.25) is 0 Å². The summed E-state index contributed by atoms with van der Waals surface area (Å²) in [6.07, 6.45) is 3.80. The molecule has 2 heterocycles. The monoisotopic (exact) mass is 246 g/mol. The van der Waals surface area contributed by atoms with E-state index in [1.54, 1.807) is 12.1 Å². The van der Waals surface area contributed by atoms with Gasteiger partial charge in [-0.1, -0.05) is 6.92 Å². The number of hydrogen-bond acceptors (Lipinski definition) is 5. The first-order valence-corrected chi connectivity index (χ1v) is 5.70. The van der Waals surface area contributed by atoms with Crippen LogP contribution in [0.3, 0.4) is 0 Å². The topological polar surface area (TPSA) is 85.6 Å². The normalized spacial score (nSPS) is 12.1. The third-order valence-corrected chi connectivity index (χ3v) is 2.53. The standard InChI is InChI=1S/C11H14N6O/c1-3-8(2)14-11(18)9-4-5-10(16-15-9)17-7-12-6-13-17/h4-8H,3H2,1-2H3,(H,14,18). The zero-order valence-electron chi connectivity index (χ0n) is 10.2. The van der Waals surface area contributed by atoms with E-state index in [9.17, 15) is 4.79 Å². The molecule has 0 aliphatic carbocycles. The third-order valence-electron chi connectivity index (χ3n) is 2.53. The summed E-state index contributed by atoms with van der Waals surface area (Å²) in [7, 11) is 0. The van der Waals surface area contributed by atoms with E-state index in [2.05, 4.69) is 25.6 Å². The second-order valence-electron chi connectivity index (χ2n) is 3.90. The van der Waals surface area contributed by atoms with Crippen molar-refractivity contribution in [2.75, 3.05) is 0 Å². The average molecular weight is 246 g/mol. The molecule has 1 N–H and O–H groups in total. The number of hydrogen-bond donors (Lipinski definition) is 1. The molecule has 0 bridgehead atoms. The Morgan fingerprint density at radius 1 is 1.44 bits per heavy atom. The molecule has 0 aliphatic rings. The fourth-order valence-corrected chi connectivity index (χ4v) is 1.29. The van der Waals surface area contributed by atoms with Crippen LogP contribution in [-0.4, -0.2) is 36.9 Å². The van der Waals surface area contributed by atoms with Crippen LogP contribution in [0, 0.1) is 0 Å². The van der Waals surface area contributed by atoms with Gasteiger partial charge in [0.15, 0.2) is 11.5 Å². The van der Waals surface area contributed by atoms with Gasteiger partial charge in [0.2, 0.25) is 0 Å². The van der Waals surface area contributed by atoms with Gasteiger partial charge in [-0.15, -0.1) is 10.2 Å². The van der Waals surface area contributed by atoms with Crippen LogP contribution in [-0.2, 0) is 0 Å². The summed E-state index contributed by atoms with van der Waals surface area (Å²) in [6, 6.07) is 3.41. The highest BCUT2D eigenvalue weighted by atomic mass is 16.2. The van der Waals surface area contributed by atoms with Crippen molar-refractivity contribution in [3.63, 3.8) is 0 Å². The maximum atomic E-state index is 11.8. The van der Waals surface area contributed by atoms with E-state index in [1.807, 2.05) is 13.8 Å². The molecular formula is C11H14N6O. The number of nitrogens with one attached hydrogen (secondary N) is 1. The minimum atomic E-state index is -0.220. The van der Waals surface area contributed by atoms with Gasteiger partial charge in [-0.2, -0.15) is 5.10 Å². The first kappa shape index (κ1) is 12.2. The maximum absolute atomic E-state index is 11.8. The fraction of sp³-hybridized carbons (Fsp3) is 0.364. The quantitative estimate of drug-likeness (QED) is 0.853. The summed E-state index contributed by atoms with van der Waals surface area (Å²) in [5, 5.41) is 14.5. The van der Waals surface area contributed by atoms with Crippen LogP contribution in [0.25, 0.3) is 5.82 Å². The molecule has 2 rings (SSSR count). The predicted molar refractivity (Wildman–Crippen MR) is 64.2 cm³/mol. The molecule has 2 aromatic rings. The molecule has 7 nitrogen and oxygen atoms in total. The maximum Gasteiger partial charge on any atom is 0.272 e. The Labute approximate surface area is 104 Å². The molecule has 7 heteroatoms. The third kappa shape index (κ3) is 2.68. The minimum Gasteiger partial charge on any atom is -0.348 e. The molecule has 2 aromatic heterocycles. The summed E-state index contributed by atoms with van der Waals surface area (Å²) >= 11 is 0. The van der Waals surface area contributed by atoms with Crippen molar-refractivity contribution in [1.29, 1.82) is 0 Å². The van der Waals surface area contributed by atoms with Crippen molar-refractivity contribution < 1.29 is 4.79 Å². The molecule has 0 aromatic carbocycles. The lowest BCUT2D eigenvalue weighted by Gasteiger charge is -2.10. The second-order valence-corrected chi connectivity index (χ2v) is 3.90. The molecule has 0 saturated carbocycles. The number of carbonyl (C=O) groups is 1.